The first-order valence-electron chi connectivity index (χ1n) is 9.87. The number of aryl methyl sites for hydroxylation is 1. The summed E-state index contributed by atoms with van der Waals surface area (Å²) in [6.07, 6.45) is 0.000886. The Morgan fingerprint density at radius 1 is 1.41 bits per heavy atom. The van der Waals surface area contributed by atoms with Gasteiger partial charge in [-0.2, -0.15) is 0 Å². The molecule has 0 bridgehead atoms. The monoisotopic (exact) mass is 421 g/mol. The van der Waals surface area contributed by atoms with E-state index in [4.69, 9.17) is 9.47 Å². The van der Waals surface area contributed by atoms with Gasteiger partial charge in [0, 0.05) is 26.2 Å². The molecule has 2 aromatic rings. The number of aromatic nitrogens is 1. The number of nitrogens with zero attached hydrogens (tertiary/aromatic N) is 2. The van der Waals surface area contributed by atoms with Gasteiger partial charge in [0.25, 0.3) is 5.91 Å². The number of thiazole rings is 1. The number of nitrogens with one attached hydrogen (secondary N) is 1. The predicted octanol–water partition coefficient (Wildman–Crippen LogP) is 3.26. The minimum absolute atomic E-state index is 0.000886. The molecule has 6 nitrogen and oxygen atoms in total. The lowest BCUT2D eigenvalue weighted by Gasteiger charge is -2.33. The molecule has 1 aliphatic heterocycles. The molecular weight excluding hydrogens is 393 g/mol. The Hall–Kier alpha value is -2.03. The Bertz CT molecular complexity index is 810. The Balaban J connectivity index is 1.50. The quantitative estimate of drug-likeness (QED) is 0.709. The van der Waals surface area contributed by atoms with Gasteiger partial charge in [0.1, 0.15) is 28.1 Å². The molecule has 1 unspecified atom stereocenters. The Labute approximate surface area is 175 Å². The number of benzene rings is 1. The van der Waals surface area contributed by atoms with Gasteiger partial charge in [0.2, 0.25) is 0 Å². The zero-order chi connectivity index (χ0) is 20.8. The fourth-order valence-electron chi connectivity index (χ4n) is 3.27. The molecular formula is C21H28FN3O3S. The zero-order valence-electron chi connectivity index (χ0n) is 17.1. The molecule has 0 spiro atoms. The molecule has 1 aromatic carbocycles. The molecule has 8 heteroatoms. The normalized spacial score (nSPS) is 17.5. The van der Waals surface area contributed by atoms with Crippen LogP contribution in [0.5, 0.6) is 5.75 Å². The van der Waals surface area contributed by atoms with Crippen LogP contribution in [0.4, 0.5) is 4.39 Å². The Kier molecular flexibility index (Phi) is 7.57. The summed E-state index contributed by atoms with van der Waals surface area (Å²) < 4.78 is 24.4. The topological polar surface area (TPSA) is 63.7 Å². The fraction of sp³-hybridized carbons (Fsp3) is 0.524. The molecule has 0 saturated carbocycles. The van der Waals surface area contributed by atoms with E-state index >= 15 is 0 Å². The summed E-state index contributed by atoms with van der Waals surface area (Å²) in [5.41, 5.74) is 0.677. The van der Waals surface area contributed by atoms with Crippen molar-refractivity contribution in [2.24, 2.45) is 5.92 Å². The molecule has 1 atom stereocenters. The van der Waals surface area contributed by atoms with E-state index in [0.29, 0.717) is 40.4 Å². The smallest absolute Gasteiger partial charge is 0.263 e. The van der Waals surface area contributed by atoms with E-state index < -0.39 is 0 Å². The van der Waals surface area contributed by atoms with Crippen molar-refractivity contribution in [3.8, 4) is 5.75 Å². The van der Waals surface area contributed by atoms with Crippen LogP contribution in [0.3, 0.4) is 0 Å². The van der Waals surface area contributed by atoms with Crippen molar-refractivity contribution in [3.05, 3.63) is 45.7 Å². The summed E-state index contributed by atoms with van der Waals surface area (Å²) in [7, 11) is 0. The molecule has 1 aromatic heterocycles. The highest BCUT2D eigenvalue weighted by molar-refractivity contribution is 7.13. The molecule has 2 heterocycles. The maximum Gasteiger partial charge on any atom is 0.263 e. The summed E-state index contributed by atoms with van der Waals surface area (Å²) in [5.74, 6) is 0.720. The molecule has 158 valence electrons. The summed E-state index contributed by atoms with van der Waals surface area (Å²) in [6.45, 7) is 10.4. The Morgan fingerprint density at radius 3 is 2.90 bits per heavy atom. The molecule has 1 saturated heterocycles. The van der Waals surface area contributed by atoms with Gasteiger partial charge >= 0.3 is 0 Å². The van der Waals surface area contributed by atoms with Crippen LogP contribution in [0.1, 0.15) is 34.2 Å². The molecule has 1 amide bonds. The van der Waals surface area contributed by atoms with Crippen LogP contribution in [0.2, 0.25) is 0 Å². The highest BCUT2D eigenvalue weighted by Gasteiger charge is 2.23. The van der Waals surface area contributed by atoms with Gasteiger partial charge < -0.3 is 14.8 Å². The number of rotatable bonds is 8. The molecule has 0 radical (unpaired) electrons. The first-order valence-corrected chi connectivity index (χ1v) is 10.7. The van der Waals surface area contributed by atoms with Crippen molar-refractivity contribution in [1.82, 2.24) is 15.2 Å². The van der Waals surface area contributed by atoms with Crippen molar-refractivity contribution < 1.29 is 18.7 Å². The summed E-state index contributed by atoms with van der Waals surface area (Å²) in [4.78, 5) is 20.0. The first-order chi connectivity index (χ1) is 13.9. The van der Waals surface area contributed by atoms with E-state index in [-0.39, 0.29) is 24.4 Å². The van der Waals surface area contributed by atoms with E-state index in [1.165, 1.54) is 23.5 Å². The molecule has 1 aliphatic rings. The second-order valence-corrected chi connectivity index (χ2v) is 8.70. The number of halogens is 1. The lowest BCUT2D eigenvalue weighted by Crippen LogP contribution is -2.48. The van der Waals surface area contributed by atoms with Crippen LogP contribution < -0.4 is 10.1 Å². The minimum Gasteiger partial charge on any atom is -0.486 e. The standard InChI is InChI=1S/C21H28FN3O3S/c1-14(2)11-25-8-9-27-18(12-25)10-23-21(26)20-15(3)24-19(29-20)13-28-17-6-4-16(22)5-7-17/h4-7,14,18H,8-13H2,1-3H3,(H,23,26). The number of amides is 1. The van der Waals surface area contributed by atoms with Crippen molar-refractivity contribution in [2.75, 3.05) is 32.8 Å². The number of morpholine rings is 1. The molecule has 1 N–H and O–H groups in total. The van der Waals surface area contributed by atoms with E-state index in [1.54, 1.807) is 12.1 Å². The van der Waals surface area contributed by atoms with Crippen LogP contribution in [0.15, 0.2) is 24.3 Å². The summed E-state index contributed by atoms with van der Waals surface area (Å²) >= 11 is 1.31. The number of hydrogen-bond donors (Lipinski definition) is 1. The second kappa shape index (κ2) is 10.1. The van der Waals surface area contributed by atoms with Crippen LogP contribution in [0, 0.1) is 18.7 Å². The van der Waals surface area contributed by atoms with E-state index in [2.05, 4.69) is 29.0 Å². The van der Waals surface area contributed by atoms with Gasteiger partial charge in [-0.25, -0.2) is 9.37 Å². The lowest BCUT2D eigenvalue weighted by atomic mass is 10.2. The number of carbonyl (C=O) groups excluding carboxylic acids is 1. The van der Waals surface area contributed by atoms with Gasteiger partial charge in [-0.15, -0.1) is 11.3 Å². The highest BCUT2D eigenvalue weighted by Crippen LogP contribution is 2.20. The highest BCUT2D eigenvalue weighted by atomic mass is 32.1. The van der Waals surface area contributed by atoms with Crippen molar-refractivity contribution >= 4 is 17.2 Å². The third-order valence-corrected chi connectivity index (χ3v) is 5.69. The number of hydrogen-bond acceptors (Lipinski definition) is 6. The lowest BCUT2D eigenvalue weighted by molar-refractivity contribution is -0.0295. The average molecular weight is 422 g/mol. The van der Waals surface area contributed by atoms with Gasteiger partial charge in [0.05, 0.1) is 18.4 Å². The maximum absolute atomic E-state index is 13.0. The van der Waals surface area contributed by atoms with Crippen molar-refractivity contribution in [1.29, 1.82) is 0 Å². The minimum atomic E-state index is -0.310. The SMILES string of the molecule is Cc1nc(COc2ccc(F)cc2)sc1C(=O)NCC1CN(CC(C)C)CCO1. The predicted molar refractivity (Wildman–Crippen MR) is 111 cm³/mol. The molecule has 3 rings (SSSR count). The van der Waals surface area contributed by atoms with Crippen LogP contribution in [0.25, 0.3) is 0 Å². The van der Waals surface area contributed by atoms with Gasteiger partial charge in [-0.05, 0) is 37.1 Å². The fourth-order valence-corrected chi connectivity index (χ4v) is 4.17. The van der Waals surface area contributed by atoms with Gasteiger partial charge in [-0.3, -0.25) is 9.69 Å². The van der Waals surface area contributed by atoms with E-state index in [1.807, 2.05) is 6.92 Å². The van der Waals surface area contributed by atoms with Gasteiger partial charge in [-0.1, -0.05) is 13.8 Å². The Morgan fingerprint density at radius 2 is 2.17 bits per heavy atom. The van der Waals surface area contributed by atoms with E-state index in [0.717, 1.165) is 19.6 Å². The maximum atomic E-state index is 13.0. The molecule has 29 heavy (non-hydrogen) atoms. The number of ether oxygens (including phenoxy) is 2. The van der Waals surface area contributed by atoms with E-state index in [9.17, 15) is 9.18 Å². The molecule has 0 aliphatic carbocycles. The van der Waals surface area contributed by atoms with Crippen molar-refractivity contribution in [2.45, 2.75) is 33.5 Å². The summed E-state index contributed by atoms with van der Waals surface area (Å²) in [6, 6.07) is 5.82. The van der Waals surface area contributed by atoms with Crippen molar-refractivity contribution in [3.63, 3.8) is 0 Å². The first kappa shape index (κ1) is 21.7. The zero-order valence-corrected chi connectivity index (χ0v) is 17.9. The summed E-state index contributed by atoms with van der Waals surface area (Å²) in [5, 5.41) is 3.68. The third kappa shape index (κ3) is 6.48. The van der Waals surface area contributed by atoms with Crippen LogP contribution in [-0.4, -0.2) is 54.7 Å². The second-order valence-electron chi connectivity index (χ2n) is 7.62. The van der Waals surface area contributed by atoms with Crippen LogP contribution >= 0.6 is 11.3 Å². The molecule has 1 fully saturated rings. The average Bonchev–Trinajstić information content (AvgIpc) is 3.06. The number of carbonyl (C=O) groups is 1. The van der Waals surface area contributed by atoms with Crippen LogP contribution in [-0.2, 0) is 11.3 Å². The van der Waals surface area contributed by atoms with Gasteiger partial charge in [0.15, 0.2) is 0 Å². The largest absolute Gasteiger partial charge is 0.486 e. The third-order valence-electron chi connectivity index (χ3n) is 4.56.